The summed E-state index contributed by atoms with van der Waals surface area (Å²) < 4.78 is 0. The van der Waals surface area contributed by atoms with E-state index in [0.29, 0.717) is 18.0 Å². The third kappa shape index (κ3) is 3.91. The van der Waals surface area contributed by atoms with E-state index in [1.165, 1.54) is 0 Å². The van der Waals surface area contributed by atoms with Gasteiger partial charge in [-0.1, -0.05) is 54.1 Å². The number of carbonyl (C=O) groups excluding carboxylic acids is 1. The van der Waals surface area contributed by atoms with Crippen LogP contribution in [0.4, 0.5) is 0 Å². The van der Waals surface area contributed by atoms with Crippen LogP contribution in [0.1, 0.15) is 23.6 Å². The maximum absolute atomic E-state index is 12.6. The van der Waals surface area contributed by atoms with E-state index in [0.717, 1.165) is 11.1 Å². The topological polar surface area (TPSA) is 44.4 Å². The number of nitrogens with one attached hydrogen (secondary N) is 2. The van der Waals surface area contributed by atoms with Crippen LogP contribution in [0.3, 0.4) is 0 Å². The van der Waals surface area contributed by atoms with Crippen molar-refractivity contribution in [1.82, 2.24) is 15.8 Å². The Morgan fingerprint density at radius 3 is 2.70 bits per heavy atom. The van der Waals surface area contributed by atoms with Gasteiger partial charge in [-0.05, 0) is 29.7 Å². The van der Waals surface area contributed by atoms with Gasteiger partial charge < -0.3 is 4.90 Å². The van der Waals surface area contributed by atoms with Gasteiger partial charge in [0.05, 0.1) is 0 Å². The fourth-order valence-electron chi connectivity index (χ4n) is 2.86. The van der Waals surface area contributed by atoms with Crippen LogP contribution in [0.2, 0.25) is 5.02 Å². The van der Waals surface area contributed by atoms with Crippen molar-refractivity contribution in [2.45, 2.75) is 25.0 Å². The Morgan fingerprint density at radius 2 is 1.96 bits per heavy atom. The summed E-state index contributed by atoms with van der Waals surface area (Å²) >= 11 is 6.04. The van der Waals surface area contributed by atoms with Gasteiger partial charge in [0.2, 0.25) is 5.91 Å². The van der Waals surface area contributed by atoms with Crippen molar-refractivity contribution in [3.63, 3.8) is 0 Å². The quantitative estimate of drug-likeness (QED) is 0.906. The lowest BCUT2D eigenvalue weighted by Gasteiger charge is -2.21. The zero-order chi connectivity index (χ0) is 16.2. The molecule has 2 aromatic carbocycles. The fourth-order valence-corrected chi connectivity index (χ4v) is 3.06. The first kappa shape index (κ1) is 16.0. The first-order valence-corrected chi connectivity index (χ1v) is 8.06. The second-order valence-corrected chi connectivity index (χ2v) is 6.30. The second-order valence-electron chi connectivity index (χ2n) is 5.86. The lowest BCUT2D eigenvalue weighted by atomic mass is 10.0. The SMILES string of the molecule is CN(Cc1ccccc1)C(=O)C1CC(c2cccc(Cl)c2)NN1. The van der Waals surface area contributed by atoms with Crippen molar-refractivity contribution in [1.29, 1.82) is 0 Å². The monoisotopic (exact) mass is 329 g/mol. The Morgan fingerprint density at radius 1 is 1.17 bits per heavy atom. The molecule has 1 aliphatic rings. The Bertz CT molecular complexity index is 677. The highest BCUT2D eigenvalue weighted by Crippen LogP contribution is 2.25. The molecule has 120 valence electrons. The van der Waals surface area contributed by atoms with Gasteiger partial charge in [-0.3, -0.25) is 4.79 Å². The lowest BCUT2D eigenvalue weighted by Crippen LogP contribution is -2.43. The molecule has 4 nitrogen and oxygen atoms in total. The fraction of sp³-hybridized carbons (Fsp3) is 0.278. The van der Waals surface area contributed by atoms with Gasteiger partial charge in [0.1, 0.15) is 6.04 Å². The number of hydrogen-bond acceptors (Lipinski definition) is 3. The van der Waals surface area contributed by atoms with Gasteiger partial charge >= 0.3 is 0 Å². The number of hydrazine groups is 1. The normalized spacial score (nSPS) is 20.4. The van der Waals surface area contributed by atoms with Gasteiger partial charge in [-0.2, -0.15) is 0 Å². The molecule has 0 aromatic heterocycles. The third-order valence-corrected chi connectivity index (χ3v) is 4.33. The third-order valence-electron chi connectivity index (χ3n) is 4.09. The van der Waals surface area contributed by atoms with E-state index in [4.69, 9.17) is 11.6 Å². The number of nitrogens with zero attached hydrogens (tertiary/aromatic N) is 1. The molecule has 23 heavy (non-hydrogen) atoms. The number of amides is 1. The molecule has 1 aliphatic heterocycles. The van der Waals surface area contributed by atoms with Gasteiger partial charge in [0.25, 0.3) is 0 Å². The minimum absolute atomic E-state index is 0.0888. The first-order chi connectivity index (χ1) is 11.1. The summed E-state index contributed by atoms with van der Waals surface area (Å²) in [6.45, 7) is 0.611. The molecule has 2 N–H and O–H groups in total. The molecule has 1 saturated heterocycles. The average molecular weight is 330 g/mol. The zero-order valence-electron chi connectivity index (χ0n) is 13.0. The van der Waals surface area contributed by atoms with E-state index in [2.05, 4.69) is 10.9 Å². The minimum Gasteiger partial charge on any atom is -0.340 e. The highest BCUT2D eigenvalue weighted by atomic mass is 35.5. The van der Waals surface area contributed by atoms with Crippen molar-refractivity contribution < 1.29 is 4.79 Å². The molecule has 5 heteroatoms. The summed E-state index contributed by atoms with van der Waals surface area (Å²) in [4.78, 5) is 14.3. The van der Waals surface area contributed by atoms with Gasteiger partial charge in [0, 0.05) is 24.7 Å². The zero-order valence-corrected chi connectivity index (χ0v) is 13.8. The van der Waals surface area contributed by atoms with Crippen LogP contribution in [0.25, 0.3) is 0 Å². The highest BCUT2D eigenvalue weighted by Gasteiger charge is 2.31. The Labute approximate surface area is 141 Å². The molecule has 0 radical (unpaired) electrons. The van der Waals surface area contributed by atoms with Crippen LogP contribution in [-0.2, 0) is 11.3 Å². The number of carbonyl (C=O) groups is 1. The minimum atomic E-state index is -0.229. The molecule has 2 aromatic rings. The molecule has 1 heterocycles. The predicted molar refractivity (Wildman–Crippen MR) is 91.8 cm³/mol. The molecule has 0 bridgehead atoms. The number of likely N-dealkylation sites (N-methyl/N-ethyl adjacent to an activating group) is 1. The van der Waals surface area contributed by atoms with Crippen LogP contribution in [-0.4, -0.2) is 23.9 Å². The molecule has 0 saturated carbocycles. The standard InChI is InChI=1S/C18H20ClN3O/c1-22(12-13-6-3-2-4-7-13)18(23)17-11-16(20-21-17)14-8-5-9-15(19)10-14/h2-10,16-17,20-21H,11-12H2,1H3. The Hall–Kier alpha value is -1.88. The van der Waals surface area contributed by atoms with Crippen LogP contribution < -0.4 is 10.9 Å². The van der Waals surface area contributed by atoms with E-state index in [1.54, 1.807) is 4.90 Å². The second kappa shape index (κ2) is 7.13. The maximum Gasteiger partial charge on any atom is 0.241 e. The molecular weight excluding hydrogens is 310 g/mol. The van der Waals surface area contributed by atoms with Crippen molar-refractivity contribution in [3.05, 3.63) is 70.7 Å². The summed E-state index contributed by atoms with van der Waals surface area (Å²) in [5, 5.41) is 0.709. The molecule has 2 atom stereocenters. The van der Waals surface area contributed by atoms with Gasteiger partial charge in [-0.25, -0.2) is 10.9 Å². The van der Waals surface area contributed by atoms with E-state index in [1.807, 2.05) is 61.6 Å². The number of halogens is 1. The summed E-state index contributed by atoms with van der Waals surface area (Å²) in [5.74, 6) is 0.0888. The molecule has 0 aliphatic carbocycles. The maximum atomic E-state index is 12.6. The molecular formula is C18H20ClN3O. The van der Waals surface area contributed by atoms with Gasteiger partial charge in [0.15, 0.2) is 0 Å². The van der Waals surface area contributed by atoms with Gasteiger partial charge in [-0.15, -0.1) is 0 Å². The van der Waals surface area contributed by atoms with Crippen molar-refractivity contribution in [2.24, 2.45) is 0 Å². The molecule has 3 rings (SSSR count). The van der Waals surface area contributed by atoms with Crippen LogP contribution >= 0.6 is 11.6 Å². The van der Waals surface area contributed by atoms with E-state index in [9.17, 15) is 4.79 Å². The molecule has 1 amide bonds. The predicted octanol–water partition coefficient (Wildman–Crippen LogP) is 2.91. The smallest absolute Gasteiger partial charge is 0.241 e. The van der Waals surface area contributed by atoms with Crippen LogP contribution in [0.5, 0.6) is 0 Å². The highest BCUT2D eigenvalue weighted by molar-refractivity contribution is 6.30. The Kier molecular flexibility index (Phi) is 4.96. The number of benzene rings is 2. The van der Waals surface area contributed by atoms with Crippen LogP contribution in [0.15, 0.2) is 54.6 Å². The van der Waals surface area contributed by atoms with Crippen LogP contribution in [0, 0.1) is 0 Å². The average Bonchev–Trinajstić information content (AvgIpc) is 3.05. The summed E-state index contributed by atoms with van der Waals surface area (Å²) in [7, 11) is 1.84. The first-order valence-electron chi connectivity index (χ1n) is 7.69. The van der Waals surface area contributed by atoms with Crippen molar-refractivity contribution in [3.8, 4) is 0 Å². The number of hydrogen-bond donors (Lipinski definition) is 2. The lowest BCUT2D eigenvalue weighted by molar-refractivity contribution is -0.132. The number of rotatable bonds is 4. The molecule has 1 fully saturated rings. The largest absolute Gasteiger partial charge is 0.340 e. The van der Waals surface area contributed by atoms with E-state index < -0.39 is 0 Å². The Balaban J connectivity index is 1.61. The molecule has 2 unspecified atom stereocenters. The van der Waals surface area contributed by atoms with E-state index in [-0.39, 0.29) is 18.0 Å². The molecule has 0 spiro atoms. The van der Waals surface area contributed by atoms with Crippen molar-refractivity contribution >= 4 is 17.5 Å². The summed E-state index contributed by atoms with van der Waals surface area (Å²) in [6.07, 6.45) is 0.707. The summed E-state index contributed by atoms with van der Waals surface area (Å²) in [6, 6.07) is 17.6. The summed E-state index contributed by atoms with van der Waals surface area (Å²) in [5.41, 5.74) is 8.52. The van der Waals surface area contributed by atoms with Crippen molar-refractivity contribution in [2.75, 3.05) is 7.05 Å². The van der Waals surface area contributed by atoms with E-state index >= 15 is 0 Å².